The van der Waals surface area contributed by atoms with Gasteiger partial charge in [0, 0.05) is 0 Å². The van der Waals surface area contributed by atoms with E-state index in [2.05, 4.69) is 11.6 Å². The predicted molar refractivity (Wildman–Crippen MR) is 40.1 cm³/mol. The molecule has 2 unspecified atom stereocenters. The van der Waals surface area contributed by atoms with Crippen molar-refractivity contribution in [1.29, 1.82) is 0 Å². The Labute approximate surface area is 60.6 Å². The molecule has 1 heterocycles. The molecule has 0 saturated heterocycles. The molecule has 0 spiro atoms. The zero-order chi connectivity index (χ0) is 6.97. The quantitative estimate of drug-likeness (QED) is 0.464. The van der Waals surface area contributed by atoms with Crippen molar-refractivity contribution in [2.45, 2.75) is 31.4 Å². The van der Waals surface area contributed by atoms with Gasteiger partial charge in [0.05, 0.1) is 6.04 Å². The van der Waals surface area contributed by atoms with E-state index in [0.717, 1.165) is 6.42 Å². The highest BCUT2D eigenvalue weighted by Crippen LogP contribution is 2.29. The lowest BCUT2D eigenvalue weighted by Gasteiger charge is -2.24. The van der Waals surface area contributed by atoms with Crippen LogP contribution in [0.4, 0.5) is 0 Å². The lowest BCUT2D eigenvalue weighted by molar-refractivity contribution is 0.211. The molecule has 1 aliphatic heterocycles. The van der Waals surface area contributed by atoms with E-state index in [4.69, 9.17) is 4.74 Å². The van der Waals surface area contributed by atoms with Gasteiger partial charge in [-0.05, 0) is 24.8 Å². The molecule has 2 heteroatoms. The summed E-state index contributed by atoms with van der Waals surface area (Å²) < 4.78 is 5.28. The van der Waals surface area contributed by atoms with Gasteiger partial charge in [-0.3, -0.25) is 4.99 Å². The van der Waals surface area contributed by atoms with Gasteiger partial charge in [0.1, 0.15) is 6.10 Å². The van der Waals surface area contributed by atoms with Gasteiger partial charge in [-0.1, -0.05) is 6.58 Å². The van der Waals surface area contributed by atoms with E-state index in [9.17, 15) is 0 Å². The molecule has 0 aromatic heterocycles. The molecule has 0 radical (unpaired) electrons. The van der Waals surface area contributed by atoms with Crippen LogP contribution in [0, 0.1) is 0 Å². The zero-order valence-corrected chi connectivity index (χ0v) is 5.92. The Kier molecular flexibility index (Phi) is 1.26. The smallest absolute Gasteiger partial charge is 0.170 e. The minimum Gasteiger partial charge on any atom is -0.474 e. The van der Waals surface area contributed by atoms with Gasteiger partial charge in [-0.2, -0.15) is 0 Å². The lowest BCUT2D eigenvalue weighted by atomic mass is 9.90. The van der Waals surface area contributed by atoms with Crippen molar-refractivity contribution >= 4 is 6.40 Å². The van der Waals surface area contributed by atoms with Crippen LogP contribution in [0.5, 0.6) is 0 Å². The van der Waals surface area contributed by atoms with Gasteiger partial charge in [0.2, 0.25) is 0 Å². The first kappa shape index (κ1) is 5.96. The molecule has 2 nitrogen and oxygen atoms in total. The molecule has 2 rings (SSSR count). The molecule has 2 atom stereocenters. The Bertz CT molecular complexity index is 186. The minimum atomic E-state index is 0.216. The van der Waals surface area contributed by atoms with Crippen LogP contribution >= 0.6 is 0 Å². The Morgan fingerprint density at radius 3 is 3.40 bits per heavy atom. The molecule has 0 aromatic carbocycles. The summed E-state index contributed by atoms with van der Waals surface area (Å²) in [6, 6.07) is 0.390. The number of ether oxygens (including phenoxy) is 1. The second-order valence-corrected chi connectivity index (χ2v) is 2.93. The fourth-order valence-electron chi connectivity index (χ4n) is 1.62. The molecule has 0 amide bonds. The largest absolute Gasteiger partial charge is 0.474 e. The molecule has 0 aromatic rings. The summed E-state index contributed by atoms with van der Waals surface area (Å²) in [7, 11) is 0. The van der Waals surface area contributed by atoms with Crippen molar-refractivity contribution in [3.63, 3.8) is 0 Å². The van der Waals surface area contributed by atoms with E-state index >= 15 is 0 Å². The van der Waals surface area contributed by atoms with Crippen LogP contribution in [-0.2, 0) is 4.74 Å². The zero-order valence-electron chi connectivity index (χ0n) is 5.92. The van der Waals surface area contributed by atoms with Crippen LogP contribution in [0.2, 0.25) is 0 Å². The Morgan fingerprint density at radius 2 is 2.60 bits per heavy atom. The van der Waals surface area contributed by atoms with E-state index in [1.54, 1.807) is 6.40 Å². The highest BCUT2D eigenvalue weighted by Gasteiger charge is 2.31. The van der Waals surface area contributed by atoms with Crippen LogP contribution in [0.1, 0.15) is 19.3 Å². The van der Waals surface area contributed by atoms with Crippen LogP contribution in [0.15, 0.2) is 17.1 Å². The summed E-state index contributed by atoms with van der Waals surface area (Å²) in [6.45, 7) is 3.95. The first-order valence-corrected chi connectivity index (χ1v) is 3.73. The average Bonchev–Trinajstić information content (AvgIpc) is 2.36. The molecule has 10 heavy (non-hydrogen) atoms. The summed E-state index contributed by atoms with van der Waals surface area (Å²) in [4.78, 5) is 4.20. The third kappa shape index (κ3) is 0.753. The highest BCUT2D eigenvalue weighted by molar-refractivity contribution is 5.51. The van der Waals surface area contributed by atoms with Gasteiger partial charge in [0.15, 0.2) is 6.40 Å². The van der Waals surface area contributed by atoms with Crippen molar-refractivity contribution in [2.75, 3.05) is 0 Å². The van der Waals surface area contributed by atoms with Crippen LogP contribution in [0.3, 0.4) is 0 Å². The Balaban J connectivity index is 2.14. The van der Waals surface area contributed by atoms with Gasteiger partial charge in [-0.15, -0.1) is 0 Å². The molecule has 54 valence electrons. The number of nitrogens with zero attached hydrogens (tertiary/aromatic N) is 1. The van der Waals surface area contributed by atoms with Crippen molar-refractivity contribution in [3.8, 4) is 0 Å². The molecule has 0 bridgehead atoms. The topological polar surface area (TPSA) is 21.6 Å². The van der Waals surface area contributed by atoms with Crippen LogP contribution in [-0.4, -0.2) is 18.5 Å². The fraction of sp³-hybridized carbons (Fsp3) is 0.625. The van der Waals surface area contributed by atoms with Crippen molar-refractivity contribution in [2.24, 2.45) is 4.99 Å². The lowest BCUT2D eigenvalue weighted by Crippen LogP contribution is -2.27. The van der Waals surface area contributed by atoms with E-state index in [1.165, 1.54) is 18.4 Å². The number of hydrogen-bond acceptors (Lipinski definition) is 2. The molecule has 1 fully saturated rings. The maximum atomic E-state index is 5.28. The van der Waals surface area contributed by atoms with E-state index < -0.39 is 0 Å². The molecule has 1 aliphatic carbocycles. The number of aliphatic imine (C=N–C) groups is 1. The number of hydrogen-bond donors (Lipinski definition) is 0. The number of rotatable bonds is 0. The standard InChI is InChI=1S/C8H11NO/c1-6-3-2-4-7-8(6)10-5-9-7/h5,7-8H,1-4H2. The minimum absolute atomic E-state index is 0.216. The average molecular weight is 137 g/mol. The summed E-state index contributed by atoms with van der Waals surface area (Å²) in [5.74, 6) is 0. The van der Waals surface area contributed by atoms with Crippen molar-refractivity contribution in [3.05, 3.63) is 12.2 Å². The third-order valence-corrected chi connectivity index (χ3v) is 2.21. The molecule has 1 saturated carbocycles. The second kappa shape index (κ2) is 2.11. The summed E-state index contributed by atoms with van der Waals surface area (Å²) >= 11 is 0. The first-order valence-electron chi connectivity index (χ1n) is 3.73. The molecule has 0 N–H and O–H groups in total. The van der Waals surface area contributed by atoms with Gasteiger partial charge in [-0.25, -0.2) is 0 Å². The number of fused-ring (bicyclic) bond motifs is 1. The normalized spacial score (nSPS) is 37.4. The monoisotopic (exact) mass is 137 g/mol. The van der Waals surface area contributed by atoms with Crippen LogP contribution < -0.4 is 0 Å². The third-order valence-electron chi connectivity index (χ3n) is 2.21. The van der Waals surface area contributed by atoms with Crippen molar-refractivity contribution < 1.29 is 4.74 Å². The van der Waals surface area contributed by atoms with Gasteiger partial charge in [0.25, 0.3) is 0 Å². The summed E-state index contributed by atoms with van der Waals surface area (Å²) in [5.41, 5.74) is 1.22. The fourth-order valence-corrected chi connectivity index (χ4v) is 1.62. The van der Waals surface area contributed by atoms with Crippen LogP contribution in [0.25, 0.3) is 0 Å². The van der Waals surface area contributed by atoms with Crippen molar-refractivity contribution in [1.82, 2.24) is 0 Å². The van der Waals surface area contributed by atoms with E-state index in [1.807, 2.05) is 0 Å². The highest BCUT2D eigenvalue weighted by atomic mass is 16.5. The van der Waals surface area contributed by atoms with E-state index in [-0.39, 0.29) is 6.10 Å². The summed E-state index contributed by atoms with van der Waals surface area (Å²) in [6.07, 6.45) is 5.30. The first-order chi connectivity index (χ1) is 4.88. The maximum absolute atomic E-state index is 5.28. The molecular formula is C8H11NO. The van der Waals surface area contributed by atoms with Gasteiger partial charge >= 0.3 is 0 Å². The molecule has 2 aliphatic rings. The summed E-state index contributed by atoms with van der Waals surface area (Å²) in [5, 5.41) is 0. The van der Waals surface area contributed by atoms with E-state index in [0.29, 0.717) is 6.04 Å². The molecular weight excluding hydrogens is 126 g/mol. The predicted octanol–water partition coefficient (Wildman–Crippen LogP) is 1.52. The Hall–Kier alpha value is -0.790. The maximum Gasteiger partial charge on any atom is 0.170 e. The van der Waals surface area contributed by atoms with Gasteiger partial charge < -0.3 is 4.74 Å². The SMILES string of the molecule is C=C1CCCC2N=COC12. The second-order valence-electron chi connectivity index (χ2n) is 2.93. The Morgan fingerprint density at radius 1 is 1.70 bits per heavy atom.